The van der Waals surface area contributed by atoms with Gasteiger partial charge in [0.15, 0.2) is 0 Å². The van der Waals surface area contributed by atoms with Gasteiger partial charge in [-0.15, -0.1) is 0 Å². The molecule has 1 fully saturated rings. The van der Waals surface area contributed by atoms with Gasteiger partial charge in [-0.2, -0.15) is 0 Å². The van der Waals surface area contributed by atoms with E-state index in [1.54, 1.807) is 0 Å². The van der Waals surface area contributed by atoms with Crippen molar-refractivity contribution in [2.24, 2.45) is 5.84 Å². The zero-order chi connectivity index (χ0) is 15.5. The summed E-state index contributed by atoms with van der Waals surface area (Å²) in [4.78, 5) is 2.48. The fourth-order valence-electron chi connectivity index (χ4n) is 3.25. The normalized spacial score (nSPS) is 18.7. The molecule has 118 valence electrons. The van der Waals surface area contributed by atoms with Crippen LogP contribution in [0, 0.1) is 13.8 Å². The van der Waals surface area contributed by atoms with Gasteiger partial charge in [0, 0.05) is 24.7 Å². The molecule has 0 bridgehead atoms. The maximum atomic E-state index is 5.91. The van der Waals surface area contributed by atoms with Crippen LogP contribution in [-0.4, -0.2) is 42.8 Å². The lowest BCUT2D eigenvalue weighted by Crippen LogP contribution is -2.62. The Morgan fingerprint density at radius 3 is 2.33 bits per heavy atom. The molecular weight excluding hydrogens is 262 g/mol. The molecule has 4 heteroatoms. The van der Waals surface area contributed by atoms with Crippen LogP contribution in [0.25, 0.3) is 0 Å². The number of hydrogen-bond acceptors (Lipinski definition) is 4. The molecule has 1 saturated heterocycles. The van der Waals surface area contributed by atoms with Gasteiger partial charge in [0.25, 0.3) is 0 Å². The average Bonchev–Trinajstić information content (AvgIpc) is 2.47. The number of hydrogen-bond donors (Lipinski definition) is 2. The number of nitrogens with zero attached hydrogens (tertiary/aromatic N) is 1. The molecule has 0 radical (unpaired) electrons. The van der Waals surface area contributed by atoms with Crippen LogP contribution in [0.1, 0.15) is 30.5 Å². The SMILES string of the molecule is Cc1cccc(C)c1CC(NN)C(C)(C)N1CCOCC1. The van der Waals surface area contributed by atoms with Crippen molar-refractivity contribution in [1.82, 2.24) is 10.3 Å². The fourth-order valence-corrected chi connectivity index (χ4v) is 3.25. The lowest BCUT2D eigenvalue weighted by Gasteiger charge is -2.45. The van der Waals surface area contributed by atoms with Crippen LogP contribution in [0.4, 0.5) is 0 Å². The molecular formula is C17H29N3O. The molecule has 3 N–H and O–H groups in total. The van der Waals surface area contributed by atoms with Crippen LogP contribution < -0.4 is 11.3 Å². The number of hydrazine groups is 1. The Morgan fingerprint density at radius 1 is 1.24 bits per heavy atom. The predicted molar refractivity (Wildman–Crippen MR) is 87.2 cm³/mol. The fraction of sp³-hybridized carbons (Fsp3) is 0.647. The zero-order valence-corrected chi connectivity index (χ0v) is 13.8. The van der Waals surface area contributed by atoms with Gasteiger partial charge in [-0.25, -0.2) is 0 Å². The topological polar surface area (TPSA) is 50.5 Å². The largest absolute Gasteiger partial charge is 0.379 e. The molecule has 1 aromatic rings. The van der Waals surface area contributed by atoms with E-state index in [2.05, 4.69) is 56.2 Å². The van der Waals surface area contributed by atoms with Crippen LogP contribution in [0.3, 0.4) is 0 Å². The lowest BCUT2D eigenvalue weighted by atomic mass is 9.85. The highest BCUT2D eigenvalue weighted by atomic mass is 16.5. The second kappa shape index (κ2) is 6.88. The Labute approximate surface area is 128 Å². The Hall–Kier alpha value is -0.940. The molecule has 1 unspecified atom stereocenters. The minimum absolute atomic E-state index is 0.00670. The van der Waals surface area contributed by atoms with E-state index in [0.717, 1.165) is 32.7 Å². The van der Waals surface area contributed by atoms with Gasteiger partial charge >= 0.3 is 0 Å². The number of ether oxygens (including phenoxy) is 1. The smallest absolute Gasteiger partial charge is 0.0594 e. The van der Waals surface area contributed by atoms with E-state index in [1.165, 1.54) is 16.7 Å². The highest BCUT2D eigenvalue weighted by Crippen LogP contribution is 2.25. The van der Waals surface area contributed by atoms with Crippen LogP contribution in [-0.2, 0) is 11.2 Å². The molecule has 4 nitrogen and oxygen atoms in total. The number of aryl methyl sites for hydroxylation is 2. The molecule has 2 rings (SSSR count). The molecule has 1 atom stereocenters. The van der Waals surface area contributed by atoms with Crippen molar-refractivity contribution in [3.05, 3.63) is 34.9 Å². The quantitative estimate of drug-likeness (QED) is 0.641. The van der Waals surface area contributed by atoms with Crippen molar-refractivity contribution < 1.29 is 4.74 Å². The van der Waals surface area contributed by atoms with Gasteiger partial charge < -0.3 is 4.74 Å². The van der Waals surface area contributed by atoms with E-state index in [1.807, 2.05) is 0 Å². The number of morpholine rings is 1. The van der Waals surface area contributed by atoms with Crippen LogP contribution in [0.15, 0.2) is 18.2 Å². The van der Waals surface area contributed by atoms with E-state index in [9.17, 15) is 0 Å². The van der Waals surface area contributed by atoms with Crippen LogP contribution in [0.2, 0.25) is 0 Å². The standard InChI is InChI=1S/C17H29N3O/c1-13-6-5-7-14(2)15(13)12-16(19-18)17(3,4)20-8-10-21-11-9-20/h5-7,16,19H,8-12,18H2,1-4H3. The van der Waals surface area contributed by atoms with Crippen molar-refractivity contribution in [3.63, 3.8) is 0 Å². The van der Waals surface area contributed by atoms with Crippen LogP contribution >= 0.6 is 0 Å². The molecule has 1 aliphatic rings. The van der Waals surface area contributed by atoms with E-state index >= 15 is 0 Å². The van der Waals surface area contributed by atoms with Gasteiger partial charge in [0.2, 0.25) is 0 Å². The summed E-state index contributed by atoms with van der Waals surface area (Å²) in [5.74, 6) is 5.91. The van der Waals surface area contributed by atoms with E-state index in [-0.39, 0.29) is 11.6 Å². The van der Waals surface area contributed by atoms with E-state index < -0.39 is 0 Å². The van der Waals surface area contributed by atoms with Crippen molar-refractivity contribution in [1.29, 1.82) is 0 Å². The highest BCUT2D eigenvalue weighted by Gasteiger charge is 2.36. The monoisotopic (exact) mass is 291 g/mol. The summed E-state index contributed by atoms with van der Waals surface area (Å²) < 4.78 is 5.47. The number of nitrogens with one attached hydrogen (secondary N) is 1. The summed E-state index contributed by atoms with van der Waals surface area (Å²) in [6, 6.07) is 6.68. The molecule has 1 heterocycles. The van der Waals surface area contributed by atoms with Crippen molar-refractivity contribution >= 4 is 0 Å². The molecule has 0 aliphatic carbocycles. The molecule has 0 amide bonds. The van der Waals surface area contributed by atoms with Crippen LogP contribution in [0.5, 0.6) is 0 Å². The third-order valence-corrected chi connectivity index (χ3v) is 4.93. The Balaban J connectivity index is 2.18. The molecule has 0 aromatic heterocycles. The molecule has 0 saturated carbocycles. The summed E-state index contributed by atoms with van der Waals surface area (Å²) in [5.41, 5.74) is 7.14. The van der Waals surface area contributed by atoms with E-state index in [0.29, 0.717) is 0 Å². The average molecular weight is 291 g/mol. The molecule has 0 spiro atoms. The third kappa shape index (κ3) is 3.64. The summed E-state index contributed by atoms with van der Waals surface area (Å²) >= 11 is 0. The Morgan fingerprint density at radius 2 is 1.81 bits per heavy atom. The second-order valence-electron chi connectivity index (χ2n) is 6.55. The van der Waals surface area contributed by atoms with Gasteiger partial charge in [0.1, 0.15) is 0 Å². The maximum absolute atomic E-state index is 5.91. The molecule has 21 heavy (non-hydrogen) atoms. The minimum Gasteiger partial charge on any atom is -0.379 e. The zero-order valence-electron chi connectivity index (χ0n) is 13.8. The first-order chi connectivity index (χ1) is 9.96. The number of benzene rings is 1. The summed E-state index contributed by atoms with van der Waals surface area (Å²) in [7, 11) is 0. The number of nitrogens with two attached hydrogens (primary N) is 1. The summed E-state index contributed by atoms with van der Waals surface area (Å²) in [6.45, 7) is 12.5. The maximum Gasteiger partial charge on any atom is 0.0594 e. The molecule has 1 aliphatic heterocycles. The van der Waals surface area contributed by atoms with Gasteiger partial charge in [-0.05, 0) is 50.8 Å². The highest BCUT2D eigenvalue weighted by molar-refractivity contribution is 5.34. The van der Waals surface area contributed by atoms with E-state index in [4.69, 9.17) is 10.6 Å². The number of rotatable bonds is 5. The first-order valence-electron chi connectivity index (χ1n) is 7.81. The van der Waals surface area contributed by atoms with Gasteiger partial charge in [-0.1, -0.05) is 18.2 Å². The minimum atomic E-state index is -0.00670. The predicted octanol–water partition coefficient (Wildman–Crippen LogP) is 1.79. The van der Waals surface area contributed by atoms with Gasteiger partial charge in [0.05, 0.1) is 13.2 Å². The summed E-state index contributed by atoms with van der Waals surface area (Å²) in [5, 5.41) is 0. The van der Waals surface area contributed by atoms with Crippen molar-refractivity contribution in [3.8, 4) is 0 Å². The lowest BCUT2D eigenvalue weighted by molar-refractivity contribution is -0.0233. The molecule has 1 aromatic carbocycles. The Kier molecular flexibility index (Phi) is 5.38. The summed E-state index contributed by atoms with van der Waals surface area (Å²) in [6.07, 6.45) is 0.944. The Bertz CT molecular complexity index is 447. The van der Waals surface area contributed by atoms with Crippen molar-refractivity contribution in [2.75, 3.05) is 26.3 Å². The second-order valence-corrected chi connectivity index (χ2v) is 6.55. The first-order valence-corrected chi connectivity index (χ1v) is 7.81. The third-order valence-electron chi connectivity index (χ3n) is 4.93. The van der Waals surface area contributed by atoms with Crippen molar-refractivity contribution in [2.45, 2.75) is 45.7 Å². The van der Waals surface area contributed by atoms with Gasteiger partial charge in [-0.3, -0.25) is 16.2 Å². The first kappa shape index (κ1) is 16.4.